The van der Waals surface area contributed by atoms with Crippen LogP contribution in [0.3, 0.4) is 0 Å². The van der Waals surface area contributed by atoms with Gasteiger partial charge < -0.3 is 19.9 Å². The number of rotatable bonds is 8. The van der Waals surface area contributed by atoms with E-state index in [0.29, 0.717) is 6.42 Å². The summed E-state index contributed by atoms with van der Waals surface area (Å²) in [5.74, 6) is -1.13. The Labute approximate surface area is 159 Å². The lowest BCUT2D eigenvalue weighted by Crippen LogP contribution is -2.45. The molecule has 1 rings (SSSR count). The van der Waals surface area contributed by atoms with E-state index in [1.54, 1.807) is 20.8 Å². The van der Waals surface area contributed by atoms with E-state index < -0.39 is 29.8 Å². The van der Waals surface area contributed by atoms with Crippen LogP contribution >= 0.6 is 0 Å². The minimum atomic E-state index is -1.13. The predicted octanol–water partition coefficient (Wildman–Crippen LogP) is 3.01. The van der Waals surface area contributed by atoms with Gasteiger partial charge in [-0.2, -0.15) is 0 Å². The van der Waals surface area contributed by atoms with Crippen molar-refractivity contribution in [3.05, 3.63) is 35.9 Å². The number of nitrogens with zero attached hydrogens (tertiary/aromatic N) is 1. The summed E-state index contributed by atoms with van der Waals surface area (Å²) in [6.07, 6.45) is -0.745. The number of carboxylic acids is 1. The van der Waals surface area contributed by atoms with E-state index >= 15 is 0 Å². The Morgan fingerprint density at radius 2 is 1.81 bits per heavy atom. The molecular weight excluding hydrogens is 352 g/mol. The standard InChI is InChI=1S/C19H28N2O6/c1-19(2,3)27-18(25)21(4)15(16(22)23)11-8-12-20-17(24)26-13-14-9-6-5-7-10-14/h5-7,9-10,15H,8,11-13H2,1-4H3,(H,20,24)(H,22,23)/t15-/m0/s1. The van der Waals surface area contributed by atoms with E-state index in [2.05, 4.69) is 5.32 Å². The van der Waals surface area contributed by atoms with Crippen LogP contribution in [0.5, 0.6) is 0 Å². The van der Waals surface area contributed by atoms with Gasteiger partial charge in [0.15, 0.2) is 0 Å². The van der Waals surface area contributed by atoms with Crippen molar-refractivity contribution in [1.82, 2.24) is 10.2 Å². The Morgan fingerprint density at radius 3 is 2.37 bits per heavy atom. The Hall–Kier alpha value is -2.77. The third-order valence-electron chi connectivity index (χ3n) is 3.57. The molecule has 0 fully saturated rings. The summed E-state index contributed by atoms with van der Waals surface area (Å²) in [5, 5.41) is 11.9. The lowest BCUT2D eigenvalue weighted by Gasteiger charge is -2.28. The molecule has 0 aliphatic rings. The van der Waals surface area contributed by atoms with Crippen molar-refractivity contribution < 1.29 is 29.0 Å². The topological polar surface area (TPSA) is 105 Å². The molecule has 0 spiro atoms. The van der Waals surface area contributed by atoms with Gasteiger partial charge in [-0.3, -0.25) is 4.90 Å². The first-order chi connectivity index (χ1) is 12.6. The Balaban J connectivity index is 2.36. The summed E-state index contributed by atoms with van der Waals surface area (Å²) in [4.78, 5) is 36.2. The Bertz CT molecular complexity index is 627. The molecule has 0 unspecified atom stereocenters. The molecule has 8 nitrogen and oxygen atoms in total. The quantitative estimate of drug-likeness (QED) is 0.672. The van der Waals surface area contributed by atoms with Crippen molar-refractivity contribution in [1.29, 1.82) is 0 Å². The maximum Gasteiger partial charge on any atom is 0.410 e. The largest absolute Gasteiger partial charge is 0.480 e. The monoisotopic (exact) mass is 380 g/mol. The van der Waals surface area contributed by atoms with E-state index in [4.69, 9.17) is 9.47 Å². The molecule has 0 saturated heterocycles. The maximum atomic E-state index is 12.0. The zero-order valence-corrected chi connectivity index (χ0v) is 16.2. The van der Waals surface area contributed by atoms with Gasteiger partial charge in [0.1, 0.15) is 18.2 Å². The van der Waals surface area contributed by atoms with Gasteiger partial charge in [-0.05, 0) is 39.2 Å². The van der Waals surface area contributed by atoms with Crippen molar-refractivity contribution in [3.8, 4) is 0 Å². The summed E-state index contributed by atoms with van der Waals surface area (Å²) in [6, 6.07) is 8.22. The van der Waals surface area contributed by atoms with Crippen molar-refractivity contribution in [2.24, 2.45) is 0 Å². The number of amides is 2. The van der Waals surface area contributed by atoms with Gasteiger partial charge >= 0.3 is 18.2 Å². The lowest BCUT2D eigenvalue weighted by atomic mass is 10.1. The molecule has 1 aromatic carbocycles. The van der Waals surface area contributed by atoms with Crippen molar-refractivity contribution in [2.45, 2.75) is 51.9 Å². The molecular formula is C19H28N2O6. The maximum absolute atomic E-state index is 12.0. The van der Waals surface area contributed by atoms with Gasteiger partial charge in [-0.1, -0.05) is 30.3 Å². The number of carboxylic acid groups (broad SMARTS) is 1. The SMILES string of the molecule is CN(C(=O)OC(C)(C)C)[C@@H](CCCNC(=O)OCc1ccccc1)C(=O)O. The first kappa shape index (κ1) is 22.3. The van der Waals surface area contributed by atoms with Gasteiger partial charge in [0.2, 0.25) is 0 Å². The zero-order chi connectivity index (χ0) is 20.4. The van der Waals surface area contributed by atoms with Gasteiger partial charge in [-0.25, -0.2) is 14.4 Å². The molecule has 2 N–H and O–H groups in total. The zero-order valence-electron chi connectivity index (χ0n) is 16.2. The van der Waals surface area contributed by atoms with Crippen LogP contribution in [0.25, 0.3) is 0 Å². The van der Waals surface area contributed by atoms with E-state index in [9.17, 15) is 19.5 Å². The van der Waals surface area contributed by atoms with Crippen molar-refractivity contribution in [3.63, 3.8) is 0 Å². The molecule has 27 heavy (non-hydrogen) atoms. The fourth-order valence-corrected chi connectivity index (χ4v) is 2.20. The average molecular weight is 380 g/mol. The molecule has 1 atom stereocenters. The third kappa shape index (κ3) is 8.94. The van der Waals surface area contributed by atoms with Crippen LogP contribution in [0, 0.1) is 0 Å². The number of carbonyl (C=O) groups is 3. The highest BCUT2D eigenvalue weighted by Gasteiger charge is 2.29. The van der Waals surface area contributed by atoms with Crippen molar-refractivity contribution in [2.75, 3.05) is 13.6 Å². The summed E-state index contributed by atoms with van der Waals surface area (Å²) in [6.45, 7) is 5.52. The summed E-state index contributed by atoms with van der Waals surface area (Å²) < 4.78 is 10.3. The average Bonchev–Trinajstić information content (AvgIpc) is 2.58. The molecule has 0 aromatic heterocycles. The first-order valence-corrected chi connectivity index (χ1v) is 8.73. The Morgan fingerprint density at radius 1 is 1.19 bits per heavy atom. The molecule has 0 radical (unpaired) electrons. The molecule has 0 heterocycles. The molecule has 8 heteroatoms. The number of aliphatic carboxylic acids is 1. The minimum Gasteiger partial charge on any atom is -0.480 e. The van der Waals surface area contributed by atoms with Crippen LogP contribution in [0.15, 0.2) is 30.3 Å². The van der Waals surface area contributed by atoms with Gasteiger partial charge in [0, 0.05) is 13.6 Å². The number of nitrogens with one attached hydrogen (secondary N) is 1. The predicted molar refractivity (Wildman–Crippen MR) is 99.3 cm³/mol. The fraction of sp³-hybridized carbons (Fsp3) is 0.526. The number of benzene rings is 1. The van der Waals surface area contributed by atoms with Crippen LogP contribution in [-0.4, -0.2) is 53.4 Å². The lowest BCUT2D eigenvalue weighted by molar-refractivity contribution is -0.142. The van der Waals surface area contributed by atoms with E-state index in [-0.39, 0.29) is 19.6 Å². The molecule has 2 amide bonds. The van der Waals surface area contributed by atoms with Crippen LogP contribution in [0.2, 0.25) is 0 Å². The van der Waals surface area contributed by atoms with E-state index in [1.807, 2.05) is 30.3 Å². The number of hydrogen-bond donors (Lipinski definition) is 2. The number of ether oxygens (including phenoxy) is 2. The molecule has 0 aliphatic heterocycles. The first-order valence-electron chi connectivity index (χ1n) is 8.73. The summed E-state index contributed by atoms with van der Waals surface area (Å²) in [7, 11) is 1.38. The molecule has 0 aliphatic carbocycles. The van der Waals surface area contributed by atoms with Crippen molar-refractivity contribution >= 4 is 18.2 Å². The van der Waals surface area contributed by atoms with Gasteiger partial charge in [0.25, 0.3) is 0 Å². The van der Waals surface area contributed by atoms with Crippen LogP contribution < -0.4 is 5.32 Å². The Kier molecular flexibility index (Phi) is 8.58. The molecule has 0 bridgehead atoms. The van der Waals surface area contributed by atoms with Crippen LogP contribution in [-0.2, 0) is 20.9 Å². The second kappa shape index (κ2) is 10.4. The second-order valence-corrected chi connectivity index (χ2v) is 7.08. The number of likely N-dealkylation sites (N-methyl/N-ethyl adjacent to an activating group) is 1. The minimum absolute atomic E-state index is 0.159. The number of alkyl carbamates (subject to hydrolysis) is 1. The number of carbonyl (C=O) groups excluding carboxylic acids is 2. The van der Waals surface area contributed by atoms with Crippen LogP contribution in [0.1, 0.15) is 39.2 Å². The molecule has 0 saturated carbocycles. The smallest absolute Gasteiger partial charge is 0.410 e. The van der Waals surface area contributed by atoms with Crippen LogP contribution in [0.4, 0.5) is 9.59 Å². The molecule has 150 valence electrons. The summed E-state index contributed by atoms with van der Waals surface area (Å²) in [5.41, 5.74) is 0.163. The number of hydrogen-bond acceptors (Lipinski definition) is 5. The normalized spacial score (nSPS) is 12.0. The van der Waals surface area contributed by atoms with Gasteiger partial charge in [-0.15, -0.1) is 0 Å². The second-order valence-electron chi connectivity index (χ2n) is 7.08. The summed E-state index contributed by atoms with van der Waals surface area (Å²) >= 11 is 0. The fourth-order valence-electron chi connectivity index (χ4n) is 2.20. The van der Waals surface area contributed by atoms with E-state index in [1.165, 1.54) is 7.05 Å². The van der Waals surface area contributed by atoms with Gasteiger partial charge in [0.05, 0.1) is 0 Å². The highest BCUT2D eigenvalue weighted by Crippen LogP contribution is 2.13. The highest BCUT2D eigenvalue weighted by molar-refractivity contribution is 5.80. The highest BCUT2D eigenvalue weighted by atomic mass is 16.6. The molecule has 1 aromatic rings. The van der Waals surface area contributed by atoms with E-state index in [0.717, 1.165) is 10.5 Å². The third-order valence-corrected chi connectivity index (χ3v) is 3.57.